The molecule has 0 saturated carbocycles. The van der Waals surface area contributed by atoms with Gasteiger partial charge in [0.25, 0.3) is 0 Å². The van der Waals surface area contributed by atoms with Crippen LogP contribution in [0.5, 0.6) is 0 Å². The highest BCUT2D eigenvalue weighted by Gasteiger charge is 2.33. The maximum atomic E-state index is 5.63. The van der Waals surface area contributed by atoms with Crippen molar-refractivity contribution < 1.29 is 9.47 Å². The van der Waals surface area contributed by atoms with Gasteiger partial charge < -0.3 is 9.47 Å². The van der Waals surface area contributed by atoms with Crippen molar-refractivity contribution in [1.29, 1.82) is 0 Å². The molecule has 1 aliphatic heterocycles. The van der Waals surface area contributed by atoms with Crippen LogP contribution in [-0.2, 0) is 9.47 Å². The van der Waals surface area contributed by atoms with Gasteiger partial charge in [-0.3, -0.25) is 0 Å². The molecule has 0 aromatic rings. The van der Waals surface area contributed by atoms with E-state index in [1.54, 1.807) is 0 Å². The molecule has 2 unspecified atom stereocenters. The molecule has 0 spiro atoms. The fourth-order valence-electron chi connectivity index (χ4n) is 1.14. The second kappa shape index (κ2) is 3.37. The molecule has 0 N–H and O–H groups in total. The Labute approximate surface area is 68.2 Å². The largest absolute Gasteiger partial charge is 0.347 e. The molecule has 1 saturated heterocycles. The van der Waals surface area contributed by atoms with Gasteiger partial charge >= 0.3 is 0 Å². The van der Waals surface area contributed by atoms with Crippen LogP contribution in [-0.4, -0.2) is 18.5 Å². The summed E-state index contributed by atoms with van der Waals surface area (Å²) in [7, 11) is 0. The maximum Gasteiger partial charge on any atom is 0.166 e. The number of hydrogen-bond donors (Lipinski definition) is 0. The Morgan fingerprint density at radius 3 is 2.82 bits per heavy atom. The van der Waals surface area contributed by atoms with Crippen LogP contribution in [0.1, 0.15) is 27.2 Å². The van der Waals surface area contributed by atoms with Gasteiger partial charge in [-0.1, -0.05) is 19.1 Å². The van der Waals surface area contributed by atoms with Crippen molar-refractivity contribution in [1.82, 2.24) is 0 Å². The number of hydrogen-bond acceptors (Lipinski definition) is 2. The summed E-state index contributed by atoms with van der Waals surface area (Å²) in [6.45, 7) is 6.73. The van der Waals surface area contributed by atoms with E-state index >= 15 is 0 Å². The zero-order chi connectivity index (χ0) is 8.32. The Morgan fingerprint density at radius 1 is 1.64 bits per heavy atom. The minimum absolute atomic E-state index is 0.157. The fourth-order valence-corrected chi connectivity index (χ4v) is 1.14. The first-order chi connectivity index (χ1) is 5.20. The van der Waals surface area contributed by atoms with Crippen LogP contribution >= 0.6 is 0 Å². The van der Waals surface area contributed by atoms with Gasteiger partial charge in [-0.05, 0) is 20.3 Å². The lowest BCUT2D eigenvalue weighted by Gasteiger charge is -2.20. The second-order valence-electron chi connectivity index (χ2n) is 2.98. The van der Waals surface area contributed by atoms with Crippen molar-refractivity contribution >= 4 is 0 Å². The lowest BCUT2D eigenvalue weighted by atomic mass is 10.2. The monoisotopic (exact) mass is 156 g/mol. The van der Waals surface area contributed by atoms with E-state index in [9.17, 15) is 0 Å². The van der Waals surface area contributed by atoms with Crippen LogP contribution in [0.15, 0.2) is 12.2 Å². The topological polar surface area (TPSA) is 18.5 Å². The maximum absolute atomic E-state index is 5.63. The van der Waals surface area contributed by atoms with Crippen LogP contribution in [0.2, 0.25) is 0 Å². The quantitative estimate of drug-likeness (QED) is 0.570. The van der Waals surface area contributed by atoms with Crippen molar-refractivity contribution in [2.45, 2.75) is 39.1 Å². The Hall–Kier alpha value is -0.340. The molecule has 1 fully saturated rings. The molecule has 1 heterocycles. The van der Waals surface area contributed by atoms with E-state index in [-0.39, 0.29) is 11.9 Å². The molecule has 2 nitrogen and oxygen atoms in total. The van der Waals surface area contributed by atoms with Crippen LogP contribution in [0.3, 0.4) is 0 Å². The van der Waals surface area contributed by atoms with Gasteiger partial charge in [0.05, 0.1) is 6.61 Å². The molecule has 0 aliphatic carbocycles. The van der Waals surface area contributed by atoms with Gasteiger partial charge in [-0.25, -0.2) is 0 Å². The summed E-state index contributed by atoms with van der Waals surface area (Å²) in [4.78, 5) is 0. The van der Waals surface area contributed by atoms with Crippen LogP contribution < -0.4 is 0 Å². The van der Waals surface area contributed by atoms with Gasteiger partial charge in [0.1, 0.15) is 6.10 Å². The van der Waals surface area contributed by atoms with E-state index in [2.05, 4.69) is 6.92 Å². The summed E-state index contributed by atoms with van der Waals surface area (Å²) >= 11 is 0. The third-order valence-corrected chi connectivity index (χ3v) is 2.00. The second-order valence-corrected chi connectivity index (χ2v) is 2.98. The van der Waals surface area contributed by atoms with Gasteiger partial charge in [-0.15, -0.1) is 0 Å². The van der Waals surface area contributed by atoms with Crippen molar-refractivity contribution in [2.75, 3.05) is 6.61 Å². The molecule has 1 rings (SSSR count). The van der Waals surface area contributed by atoms with Gasteiger partial charge in [0.2, 0.25) is 0 Å². The first-order valence-corrected chi connectivity index (χ1v) is 4.15. The van der Waals surface area contributed by atoms with Gasteiger partial charge in [-0.2, -0.15) is 0 Å². The Morgan fingerprint density at radius 2 is 2.36 bits per heavy atom. The van der Waals surface area contributed by atoms with E-state index < -0.39 is 0 Å². The lowest BCUT2D eigenvalue weighted by molar-refractivity contribution is -0.150. The molecule has 0 aromatic heterocycles. The smallest absolute Gasteiger partial charge is 0.166 e. The first kappa shape index (κ1) is 8.75. The lowest BCUT2D eigenvalue weighted by Crippen LogP contribution is -2.24. The molecule has 0 radical (unpaired) electrons. The van der Waals surface area contributed by atoms with Crippen molar-refractivity contribution in [3.63, 3.8) is 0 Å². The molecule has 0 aromatic carbocycles. The summed E-state index contributed by atoms with van der Waals surface area (Å²) in [5.74, 6) is -0.343. The van der Waals surface area contributed by atoms with Crippen LogP contribution in [0, 0.1) is 0 Å². The highest BCUT2D eigenvalue weighted by molar-refractivity contribution is 4.91. The highest BCUT2D eigenvalue weighted by Crippen LogP contribution is 2.26. The molecular formula is C9H16O2. The first-order valence-electron chi connectivity index (χ1n) is 4.15. The van der Waals surface area contributed by atoms with E-state index in [0.717, 1.165) is 6.42 Å². The number of rotatable bonds is 2. The summed E-state index contributed by atoms with van der Waals surface area (Å²) in [5.41, 5.74) is 0. The minimum atomic E-state index is -0.343. The van der Waals surface area contributed by atoms with Gasteiger partial charge in [0.15, 0.2) is 5.79 Å². The third-order valence-electron chi connectivity index (χ3n) is 2.00. The molecule has 2 heteroatoms. The van der Waals surface area contributed by atoms with Crippen LogP contribution in [0.4, 0.5) is 0 Å². The van der Waals surface area contributed by atoms with Gasteiger partial charge in [0, 0.05) is 0 Å². The molecule has 2 atom stereocenters. The summed E-state index contributed by atoms with van der Waals surface area (Å²) in [6.07, 6.45) is 5.09. The molecular weight excluding hydrogens is 140 g/mol. The standard InChI is InChI=1S/C9H16O2/c1-4-6-8-7-10-9(3,5-2)11-8/h4,6,8H,5,7H2,1-3H3/b6-4+. The molecule has 11 heavy (non-hydrogen) atoms. The normalized spacial score (nSPS) is 38.6. The van der Waals surface area contributed by atoms with E-state index in [1.807, 2.05) is 26.0 Å². The zero-order valence-electron chi connectivity index (χ0n) is 7.46. The summed E-state index contributed by atoms with van der Waals surface area (Å²) in [5, 5.41) is 0. The SMILES string of the molecule is C/C=C/C1COC(C)(CC)O1. The third kappa shape index (κ3) is 2.04. The zero-order valence-corrected chi connectivity index (χ0v) is 7.46. The fraction of sp³-hybridized carbons (Fsp3) is 0.778. The van der Waals surface area contributed by atoms with Crippen LogP contribution in [0.25, 0.3) is 0 Å². The Balaban J connectivity index is 2.46. The average Bonchev–Trinajstić information content (AvgIpc) is 2.35. The Kier molecular flexibility index (Phi) is 2.68. The molecule has 1 aliphatic rings. The number of ether oxygens (including phenoxy) is 2. The minimum Gasteiger partial charge on any atom is -0.347 e. The van der Waals surface area contributed by atoms with E-state index in [4.69, 9.17) is 9.47 Å². The van der Waals surface area contributed by atoms with E-state index in [1.165, 1.54) is 0 Å². The molecule has 0 bridgehead atoms. The predicted octanol–water partition coefficient (Wildman–Crippen LogP) is 2.10. The van der Waals surface area contributed by atoms with E-state index in [0.29, 0.717) is 6.61 Å². The van der Waals surface area contributed by atoms with Crippen molar-refractivity contribution in [3.05, 3.63) is 12.2 Å². The summed E-state index contributed by atoms with van der Waals surface area (Å²) in [6, 6.07) is 0. The highest BCUT2D eigenvalue weighted by atomic mass is 16.7. The number of allylic oxidation sites excluding steroid dienone is 1. The summed E-state index contributed by atoms with van der Waals surface area (Å²) < 4.78 is 11.1. The molecule has 64 valence electrons. The van der Waals surface area contributed by atoms with Crippen molar-refractivity contribution in [2.24, 2.45) is 0 Å². The predicted molar refractivity (Wildman–Crippen MR) is 44.3 cm³/mol. The Bertz CT molecular complexity index is 154. The van der Waals surface area contributed by atoms with Crippen molar-refractivity contribution in [3.8, 4) is 0 Å². The molecule has 0 amide bonds. The average molecular weight is 156 g/mol.